The van der Waals surface area contributed by atoms with Gasteiger partial charge >= 0.3 is 0 Å². The van der Waals surface area contributed by atoms with Crippen LogP contribution >= 0.6 is 0 Å². The van der Waals surface area contributed by atoms with Gasteiger partial charge in [0.05, 0.1) is 6.10 Å². The van der Waals surface area contributed by atoms with E-state index in [4.69, 9.17) is 4.74 Å². The number of benzene rings is 1. The van der Waals surface area contributed by atoms with Crippen LogP contribution in [0.5, 0.6) is 5.75 Å². The molecule has 108 valence electrons. The minimum Gasteiger partial charge on any atom is -0.490 e. The maximum Gasteiger partial charge on any atom is 0.124 e. The molecule has 0 fully saturated rings. The summed E-state index contributed by atoms with van der Waals surface area (Å²) in [5.74, 6) is 1.02. The van der Waals surface area contributed by atoms with Gasteiger partial charge in [-0.15, -0.1) is 0 Å². The molecule has 1 aromatic carbocycles. The van der Waals surface area contributed by atoms with Crippen molar-refractivity contribution in [2.45, 2.75) is 65.0 Å². The average molecular weight is 263 g/mol. The Hall–Kier alpha value is -1.02. The van der Waals surface area contributed by atoms with E-state index in [0.717, 1.165) is 12.2 Å². The van der Waals surface area contributed by atoms with Crippen LogP contribution in [0.1, 0.15) is 64.5 Å². The quantitative estimate of drug-likeness (QED) is 0.652. The minimum absolute atomic E-state index is 0.294. The molecular weight excluding hydrogens is 234 g/mol. The molecule has 0 radical (unpaired) electrons. The Morgan fingerprint density at radius 3 is 2.53 bits per heavy atom. The summed E-state index contributed by atoms with van der Waals surface area (Å²) in [6.07, 6.45) is 6.64. The first-order chi connectivity index (χ1) is 9.19. The summed E-state index contributed by atoms with van der Waals surface area (Å²) in [5, 5.41) is 3.27. The molecule has 0 spiro atoms. The molecule has 0 aromatic heterocycles. The third kappa shape index (κ3) is 5.65. The fraction of sp³-hybridized carbons (Fsp3) is 0.647. The zero-order valence-electron chi connectivity index (χ0n) is 12.9. The third-order valence-electron chi connectivity index (χ3n) is 3.61. The van der Waals surface area contributed by atoms with E-state index < -0.39 is 0 Å². The van der Waals surface area contributed by atoms with E-state index in [0.29, 0.717) is 12.1 Å². The van der Waals surface area contributed by atoms with E-state index in [1.165, 1.54) is 31.2 Å². The van der Waals surface area contributed by atoms with Gasteiger partial charge in [0.2, 0.25) is 0 Å². The van der Waals surface area contributed by atoms with Crippen molar-refractivity contribution in [2.75, 3.05) is 7.05 Å². The smallest absolute Gasteiger partial charge is 0.124 e. The van der Waals surface area contributed by atoms with Crippen molar-refractivity contribution in [2.24, 2.45) is 0 Å². The third-order valence-corrected chi connectivity index (χ3v) is 3.61. The van der Waals surface area contributed by atoms with Crippen LogP contribution in [0.25, 0.3) is 0 Å². The van der Waals surface area contributed by atoms with Crippen LogP contribution < -0.4 is 10.1 Å². The van der Waals surface area contributed by atoms with Gasteiger partial charge in [-0.3, -0.25) is 0 Å². The molecule has 0 aliphatic carbocycles. The summed E-state index contributed by atoms with van der Waals surface area (Å²) in [6.45, 7) is 6.58. The molecule has 1 aromatic rings. The van der Waals surface area contributed by atoms with Crippen LogP contribution in [0.15, 0.2) is 24.3 Å². The molecule has 0 heterocycles. The van der Waals surface area contributed by atoms with Crippen molar-refractivity contribution in [3.8, 4) is 5.75 Å². The summed E-state index contributed by atoms with van der Waals surface area (Å²) >= 11 is 0. The second-order valence-corrected chi connectivity index (χ2v) is 5.33. The average Bonchev–Trinajstić information content (AvgIpc) is 2.43. The fourth-order valence-electron chi connectivity index (χ4n) is 2.24. The zero-order chi connectivity index (χ0) is 14.1. The Morgan fingerprint density at radius 1 is 1.11 bits per heavy atom. The number of para-hydroxylation sites is 1. The second kappa shape index (κ2) is 8.98. The van der Waals surface area contributed by atoms with Gasteiger partial charge in [-0.25, -0.2) is 0 Å². The second-order valence-electron chi connectivity index (χ2n) is 5.33. The highest BCUT2D eigenvalue weighted by atomic mass is 16.5. The molecule has 19 heavy (non-hydrogen) atoms. The normalized spacial score (nSPS) is 14.1. The maximum absolute atomic E-state index is 6.11. The molecule has 0 aliphatic heterocycles. The van der Waals surface area contributed by atoms with Crippen molar-refractivity contribution in [3.05, 3.63) is 29.8 Å². The molecule has 0 amide bonds. The maximum atomic E-state index is 6.11. The summed E-state index contributed by atoms with van der Waals surface area (Å²) in [6, 6.07) is 8.66. The van der Waals surface area contributed by atoms with E-state index in [1.807, 2.05) is 13.1 Å². The number of rotatable bonds is 9. The Balaban J connectivity index is 2.51. The molecule has 0 saturated carbocycles. The fourth-order valence-corrected chi connectivity index (χ4v) is 2.24. The Labute approximate surface area is 118 Å². The zero-order valence-corrected chi connectivity index (χ0v) is 12.9. The van der Waals surface area contributed by atoms with Crippen LogP contribution in [0, 0.1) is 0 Å². The molecular formula is C17H29NO. The van der Waals surface area contributed by atoms with Gasteiger partial charge in [0.1, 0.15) is 5.75 Å². The van der Waals surface area contributed by atoms with Gasteiger partial charge in [0.25, 0.3) is 0 Å². The topological polar surface area (TPSA) is 21.3 Å². The van der Waals surface area contributed by atoms with Gasteiger partial charge in [-0.1, -0.05) is 44.4 Å². The molecule has 0 bridgehead atoms. The molecule has 2 nitrogen and oxygen atoms in total. The van der Waals surface area contributed by atoms with Crippen molar-refractivity contribution in [3.63, 3.8) is 0 Å². The number of hydrogen-bond acceptors (Lipinski definition) is 2. The van der Waals surface area contributed by atoms with Crippen molar-refractivity contribution < 1.29 is 4.74 Å². The van der Waals surface area contributed by atoms with Crippen molar-refractivity contribution in [1.29, 1.82) is 0 Å². The van der Waals surface area contributed by atoms with Crippen molar-refractivity contribution in [1.82, 2.24) is 5.32 Å². The van der Waals surface area contributed by atoms with Gasteiger partial charge in [-0.2, -0.15) is 0 Å². The van der Waals surface area contributed by atoms with Crippen LogP contribution in [0.2, 0.25) is 0 Å². The SMILES string of the molecule is CCCCCCC(C)Oc1ccccc1C(C)NC. The molecule has 0 saturated heterocycles. The van der Waals surface area contributed by atoms with Gasteiger partial charge in [-0.05, 0) is 39.8 Å². The predicted octanol–water partition coefficient (Wildman–Crippen LogP) is 4.70. The van der Waals surface area contributed by atoms with Gasteiger partial charge < -0.3 is 10.1 Å². The number of nitrogens with one attached hydrogen (secondary N) is 1. The molecule has 2 heteroatoms. The summed E-state index contributed by atoms with van der Waals surface area (Å²) in [4.78, 5) is 0. The Morgan fingerprint density at radius 2 is 1.84 bits per heavy atom. The number of unbranched alkanes of at least 4 members (excludes halogenated alkanes) is 3. The molecule has 1 N–H and O–H groups in total. The molecule has 2 atom stereocenters. The lowest BCUT2D eigenvalue weighted by Crippen LogP contribution is -2.17. The first kappa shape index (κ1) is 16.0. The first-order valence-electron chi connectivity index (χ1n) is 7.61. The highest BCUT2D eigenvalue weighted by Crippen LogP contribution is 2.26. The Bertz CT molecular complexity index is 351. The summed E-state index contributed by atoms with van der Waals surface area (Å²) in [5.41, 5.74) is 1.24. The van der Waals surface area contributed by atoms with Crippen LogP contribution in [-0.4, -0.2) is 13.2 Å². The van der Waals surface area contributed by atoms with Gasteiger partial charge in [0.15, 0.2) is 0 Å². The lowest BCUT2D eigenvalue weighted by atomic mass is 10.1. The van der Waals surface area contributed by atoms with E-state index in [9.17, 15) is 0 Å². The van der Waals surface area contributed by atoms with E-state index in [1.54, 1.807) is 0 Å². The highest BCUT2D eigenvalue weighted by Gasteiger charge is 2.11. The van der Waals surface area contributed by atoms with Gasteiger partial charge in [0, 0.05) is 11.6 Å². The van der Waals surface area contributed by atoms with E-state index in [-0.39, 0.29) is 0 Å². The monoisotopic (exact) mass is 263 g/mol. The van der Waals surface area contributed by atoms with Crippen molar-refractivity contribution >= 4 is 0 Å². The summed E-state index contributed by atoms with van der Waals surface area (Å²) in [7, 11) is 1.98. The highest BCUT2D eigenvalue weighted by molar-refractivity contribution is 5.35. The molecule has 2 unspecified atom stereocenters. The number of hydrogen-bond donors (Lipinski definition) is 1. The first-order valence-corrected chi connectivity index (χ1v) is 7.61. The standard InChI is InChI=1S/C17H29NO/c1-5-6-7-8-11-14(2)19-17-13-10-9-12-16(17)15(3)18-4/h9-10,12-15,18H,5-8,11H2,1-4H3. The number of ether oxygens (including phenoxy) is 1. The van der Waals surface area contributed by atoms with E-state index in [2.05, 4.69) is 44.3 Å². The van der Waals surface area contributed by atoms with Crippen LogP contribution in [0.3, 0.4) is 0 Å². The lowest BCUT2D eigenvalue weighted by Gasteiger charge is -2.20. The van der Waals surface area contributed by atoms with Crippen LogP contribution in [0.4, 0.5) is 0 Å². The predicted molar refractivity (Wildman–Crippen MR) is 82.8 cm³/mol. The summed E-state index contributed by atoms with van der Waals surface area (Å²) < 4.78 is 6.11. The van der Waals surface area contributed by atoms with E-state index >= 15 is 0 Å². The lowest BCUT2D eigenvalue weighted by molar-refractivity contribution is 0.203. The largest absolute Gasteiger partial charge is 0.490 e. The molecule has 1 rings (SSSR count). The minimum atomic E-state index is 0.294. The van der Waals surface area contributed by atoms with Crippen LogP contribution in [-0.2, 0) is 0 Å². The Kier molecular flexibility index (Phi) is 7.57. The molecule has 0 aliphatic rings.